The van der Waals surface area contributed by atoms with Gasteiger partial charge in [0, 0.05) is 0 Å². The Balaban J connectivity index is 0.000000606. The molecule has 0 radical (unpaired) electrons. The highest BCUT2D eigenvalue weighted by atomic mass is 16.5. The maximum atomic E-state index is 5.90. The average Bonchev–Trinajstić information content (AvgIpc) is 2.76. The molecule has 0 spiro atoms. The van der Waals surface area contributed by atoms with Gasteiger partial charge in [0.15, 0.2) is 0 Å². The fourth-order valence-corrected chi connectivity index (χ4v) is 2.14. The van der Waals surface area contributed by atoms with Gasteiger partial charge in [0.25, 0.3) is 0 Å². The van der Waals surface area contributed by atoms with Crippen LogP contribution >= 0.6 is 0 Å². The third-order valence-electron chi connectivity index (χ3n) is 3.09. The van der Waals surface area contributed by atoms with E-state index in [0.717, 1.165) is 12.5 Å². The quantitative estimate of drug-likeness (QED) is 0.732. The number of benzene rings is 1. The van der Waals surface area contributed by atoms with Crippen LogP contribution in [0.15, 0.2) is 30.3 Å². The van der Waals surface area contributed by atoms with E-state index >= 15 is 0 Å². The highest BCUT2D eigenvalue weighted by Gasteiger charge is 2.23. The van der Waals surface area contributed by atoms with E-state index in [1.807, 2.05) is 19.9 Å². The molecule has 1 nitrogen and oxygen atoms in total. The first-order valence-electron chi connectivity index (χ1n) is 6.52. The van der Waals surface area contributed by atoms with Crippen LogP contribution < -0.4 is 0 Å². The Labute approximate surface area is 99.8 Å². The second-order valence-corrected chi connectivity index (χ2v) is 4.24. The lowest BCUT2D eigenvalue weighted by atomic mass is 10.1. The first-order chi connectivity index (χ1) is 7.86. The van der Waals surface area contributed by atoms with Crippen molar-refractivity contribution in [1.29, 1.82) is 0 Å². The fraction of sp³-hybridized carbons (Fsp3) is 0.600. The third-order valence-corrected chi connectivity index (χ3v) is 3.09. The molecule has 0 heterocycles. The molecule has 2 atom stereocenters. The first-order valence-corrected chi connectivity index (χ1v) is 6.52. The second kappa shape index (κ2) is 7.45. The van der Waals surface area contributed by atoms with Gasteiger partial charge >= 0.3 is 0 Å². The SMILES string of the molecule is CC.CC1CCCC1OCc1ccccc1. The minimum Gasteiger partial charge on any atom is -0.373 e. The van der Waals surface area contributed by atoms with Crippen molar-refractivity contribution in [3.8, 4) is 0 Å². The molecule has 0 N–H and O–H groups in total. The summed E-state index contributed by atoms with van der Waals surface area (Å²) in [6.45, 7) is 7.07. The van der Waals surface area contributed by atoms with E-state index in [1.165, 1.54) is 24.8 Å². The van der Waals surface area contributed by atoms with Crippen molar-refractivity contribution in [2.24, 2.45) is 5.92 Å². The summed E-state index contributed by atoms with van der Waals surface area (Å²) < 4.78 is 5.90. The van der Waals surface area contributed by atoms with E-state index in [2.05, 4.69) is 31.2 Å². The summed E-state index contributed by atoms with van der Waals surface area (Å²) >= 11 is 0. The first kappa shape index (κ1) is 13.2. The Morgan fingerprint density at radius 2 is 1.81 bits per heavy atom. The van der Waals surface area contributed by atoms with Gasteiger partial charge in [-0.05, 0) is 24.3 Å². The van der Waals surface area contributed by atoms with Crippen molar-refractivity contribution < 1.29 is 4.74 Å². The number of ether oxygens (including phenoxy) is 1. The summed E-state index contributed by atoms with van der Waals surface area (Å²) in [6.07, 6.45) is 4.41. The number of rotatable bonds is 3. The van der Waals surface area contributed by atoms with Crippen molar-refractivity contribution in [3.05, 3.63) is 35.9 Å². The molecule has 90 valence electrons. The van der Waals surface area contributed by atoms with E-state index < -0.39 is 0 Å². The molecule has 1 heteroatoms. The van der Waals surface area contributed by atoms with Crippen LogP contribution in [0.2, 0.25) is 0 Å². The minimum absolute atomic E-state index is 0.496. The summed E-state index contributed by atoms with van der Waals surface area (Å²) in [5.74, 6) is 0.749. The zero-order valence-corrected chi connectivity index (χ0v) is 10.8. The zero-order chi connectivity index (χ0) is 11.8. The largest absolute Gasteiger partial charge is 0.373 e. The van der Waals surface area contributed by atoms with Gasteiger partial charge in [-0.15, -0.1) is 0 Å². The minimum atomic E-state index is 0.496. The molecule has 0 saturated heterocycles. The van der Waals surface area contributed by atoms with E-state index in [4.69, 9.17) is 4.74 Å². The molecular formula is C15H24O. The van der Waals surface area contributed by atoms with Gasteiger partial charge in [-0.1, -0.05) is 57.5 Å². The van der Waals surface area contributed by atoms with E-state index in [9.17, 15) is 0 Å². The van der Waals surface area contributed by atoms with Gasteiger partial charge in [-0.25, -0.2) is 0 Å². The highest BCUT2D eigenvalue weighted by Crippen LogP contribution is 2.28. The number of hydrogen-bond acceptors (Lipinski definition) is 1. The molecule has 2 unspecified atom stereocenters. The van der Waals surface area contributed by atoms with Crippen LogP contribution in [-0.2, 0) is 11.3 Å². The van der Waals surface area contributed by atoms with Crippen LogP contribution in [0.5, 0.6) is 0 Å². The van der Waals surface area contributed by atoms with E-state index in [0.29, 0.717) is 6.10 Å². The molecule has 1 aliphatic carbocycles. The maximum absolute atomic E-state index is 5.90. The third kappa shape index (κ3) is 3.97. The predicted molar refractivity (Wildman–Crippen MR) is 69.4 cm³/mol. The Morgan fingerprint density at radius 3 is 2.38 bits per heavy atom. The van der Waals surface area contributed by atoms with Gasteiger partial charge < -0.3 is 4.74 Å². The summed E-state index contributed by atoms with van der Waals surface area (Å²) in [5.41, 5.74) is 1.28. The number of hydrogen-bond donors (Lipinski definition) is 0. The lowest BCUT2D eigenvalue weighted by Gasteiger charge is -2.16. The van der Waals surface area contributed by atoms with E-state index in [1.54, 1.807) is 0 Å². The fourth-order valence-electron chi connectivity index (χ4n) is 2.14. The predicted octanol–water partition coefficient (Wildman–Crippen LogP) is 4.42. The molecule has 0 amide bonds. The van der Waals surface area contributed by atoms with Gasteiger partial charge in [0.2, 0.25) is 0 Å². The van der Waals surface area contributed by atoms with Gasteiger partial charge in [-0.2, -0.15) is 0 Å². The van der Waals surface area contributed by atoms with E-state index in [-0.39, 0.29) is 0 Å². The zero-order valence-electron chi connectivity index (χ0n) is 10.8. The van der Waals surface area contributed by atoms with Crippen LogP contribution in [0.3, 0.4) is 0 Å². The molecule has 0 aliphatic heterocycles. The molecule has 2 rings (SSSR count). The van der Waals surface area contributed by atoms with Gasteiger partial charge in [-0.3, -0.25) is 0 Å². The van der Waals surface area contributed by atoms with Crippen molar-refractivity contribution in [1.82, 2.24) is 0 Å². The van der Waals surface area contributed by atoms with Crippen molar-refractivity contribution in [2.75, 3.05) is 0 Å². The molecule has 1 aromatic rings. The van der Waals surface area contributed by atoms with Gasteiger partial charge in [0.1, 0.15) is 0 Å². The molecule has 16 heavy (non-hydrogen) atoms. The van der Waals surface area contributed by atoms with Crippen molar-refractivity contribution >= 4 is 0 Å². The normalized spacial score (nSPS) is 23.7. The summed E-state index contributed by atoms with van der Waals surface area (Å²) in [6, 6.07) is 10.4. The second-order valence-electron chi connectivity index (χ2n) is 4.24. The standard InChI is InChI=1S/C13H18O.C2H6/c1-11-6-5-9-13(11)14-10-12-7-3-2-4-8-12;1-2/h2-4,7-8,11,13H,5-6,9-10H2,1H3;1-2H3. The Kier molecular flexibility index (Phi) is 6.17. The summed E-state index contributed by atoms with van der Waals surface area (Å²) in [4.78, 5) is 0. The molecule has 1 aliphatic rings. The molecule has 1 fully saturated rings. The lowest BCUT2D eigenvalue weighted by molar-refractivity contribution is 0.0207. The monoisotopic (exact) mass is 220 g/mol. The Bertz CT molecular complexity index is 268. The van der Waals surface area contributed by atoms with Crippen LogP contribution in [0, 0.1) is 5.92 Å². The van der Waals surface area contributed by atoms with Crippen LogP contribution in [0.4, 0.5) is 0 Å². The summed E-state index contributed by atoms with van der Waals surface area (Å²) in [5, 5.41) is 0. The highest BCUT2D eigenvalue weighted by molar-refractivity contribution is 5.13. The van der Waals surface area contributed by atoms with Crippen LogP contribution in [0.1, 0.15) is 45.6 Å². The smallest absolute Gasteiger partial charge is 0.0720 e. The molecule has 0 aromatic heterocycles. The molecular weight excluding hydrogens is 196 g/mol. The van der Waals surface area contributed by atoms with Crippen molar-refractivity contribution in [3.63, 3.8) is 0 Å². The Hall–Kier alpha value is -0.820. The van der Waals surface area contributed by atoms with Gasteiger partial charge in [0.05, 0.1) is 12.7 Å². The average molecular weight is 220 g/mol. The van der Waals surface area contributed by atoms with Crippen LogP contribution in [-0.4, -0.2) is 6.10 Å². The Morgan fingerprint density at radius 1 is 1.12 bits per heavy atom. The van der Waals surface area contributed by atoms with Crippen molar-refractivity contribution in [2.45, 2.75) is 52.7 Å². The van der Waals surface area contributed by atoms with Crippen LogP contribution in [0.25, 0.3) is 0 Å². The molecule has 1 aromatic carbocycles. The topological polar surface area (TPSA) is 9.23 Å². The maximum Gasteiger partial charge on any atom is 0.0720 e. The summed E-state index contributed by atoms with van der Waals surface area (Å²) in [7, 11) is 0. The lowest BCUT2D eigenvalue weighted by Crippen LogP contribution is -2.15. The molecule has 1 saturated carbocycles. The molecule has 0 bridgehead atoms.